The molecule has 4 nitrogen and oxygen atoms in total. The summed E-state index contributed by atoms with van der Waals surface area (Å²) in [6.07, 6.45) is -2.62. The van der Waals surface area contributed by atoms with Gasteiger partial charge in [0.05, 0.1) is 13.1 Å². The van der Waals surface area contributed by atoms with E-state index in [0.717, 1.165) is 4.90 Å². The maximum absolute atomic E-state index is 12.1. The molecule has 14 heavy (non-hydrogen) atoms. The number of amides is 2. The molecule has 1 saturated heterocycles. The third-order valence-electron chi connectivity index (χ3n) is 2.25. The standard InChI is InChI=1S/C8H12F2N2O2/c1-8(2)7(14)11-3-6(13)12(8)4-5(9)10/h5H,3-4H2,1-2H3,(H,11,14). The molecule has 0 bridgehead atoms. The van der Waals surface area contributed by atoms with Gasteiger partial charge in [-0.15, -0.1) is 0 Å². The molecular weight excluding hydrogens is 194 g/mol. The monoisotopic (exact) mass is 206 g/mol. The second-order valence-electron chi connectivity index (χ2n) is 3.64. The van der Waals surface area contributed by atoms with Gasteiger partial charge in [0.15, 0.2) is 0 Å². The van der Waals surface area contributed by atoms with Crippen molar-refractivity contribution in [2.75, 3.05) is 13.1 Å². The highest BCUT2D eigenvalue weighted by Gasteiger charge is 2.42. The van der Waals surface area contributed by atoms with Crippen molar-refractivity contribution in [2.24, 2.45) is 0 Å². The average Bonchev–Trinajstić information content (AvgIpc) is 2.06. The lowest BCUT2D eigenvalue weighted by molar-refractivity contribution is -0.153. The molecule has 0 aliphatic carbocycles. The molecule has 0 aromatic heterocycles. The van der Waals surface area contributed by atoms with Crippen LogP contribution in [-0.2, 0) is 9.59 Å². The van der Waals surface area contributed by atoms with E-state index in [-0.39, 0.29) is 6.54 Å². The molecule has 1 aliphatic heterocycles. The average molecular weight is 206 g/mol. The highest BCUT2D eigenvalue weighted by atomic mass is 19.3. The Morgan fingerprint density at radius 3 is 2.57 bits per heavy atom. The van der Waals surface area contributed by atoms with Gasteiger partial charge in [-0.3, -0.25) is 9.59 Å². The zero-order valence-corrected chi connectivity index (χ0v) is 8.01. The van der Waals surface area contributed by atoms with Crippen LogP contribution < -0.4 is 5.32 Å². The van der Waals surface area contributed by atoms with E-state index in [0.29, 0.717) is 0 Å². The van der Waals surface area contributed by atoms with Gasteiger partial charge in [0.2, 0.25) is 11.8 Å². The van der Waals surface area contributed by atoms with Crippen LogP contribution in [0.25, 0.3) is 0 Å². The lowest BCUT2D eigenvalue weighted by Gasteiger charge is -2.40. The third-order valence-corrected chi connectivity index (χ3v) is 2.25. The zero-order chi connectivity index (χ0) is 10.9. The number of rotatable bonds is 2. The van der Waals surface area contributed by atoms with Crippen molar-refractivity contribution in [3.05, 3.63) is 0 Å². The van der Waals surface area contributed by atoms with Gasteiger partial charge in [0.25, 0.3) is 6.43 Å². The molecule has 0 unspecified atom stereocenters. The fourth-order valence-corrected chi connectivity index (χ4v) is 1.37. The first-order chi connectivity index (χ1) is 6.35. The van der Waals surface area contributed by atoms with Crippen LogP contribution in [0, 0.1) is 0 Å². The Balaban J connectivity index is 2.85. The molecule has 1 heterocycles. The lowest BCUT2D eigenvalue weighted by atomic mass is 9.99. The van der Waals surface area contributed by atoms with Crippen molar-refractivity contribution in [1.29, 1.82) is 0 Å². The van der Waals surface area contributed by atoms with Gasteiger partial charge in [-0.25, -0.2) is 8.78 Å². The fourth-order valence-electron chi connectivity index (χ4n) is 1.37. The molecule has 0 radical (unpaired) electrons. The van der Waals surface area contributed by atoms with Crippen molar-refractivity contribution in [3.8, 4) is 0 Å². The number of alkyl halides is 2. The maximum Gasteiger partial charge on any atom is 0.255 e. The number of piperazine rings is 1. The van der Waals surface area contributed by atoms with E-state index in [1.54, 1.807) is 0 Å². The minimum Gasteiger partial charge on any atom is -0.345 e. The van der Waals surface area contributed by atoms with Crippen LogP contribution in [-0.4, -0.2) is 41.8 Å². The number of halogens is 2. The molecule has 0 aromatic rings. The SMILES string of the molecule is CC1(C)C(=O)NCC(=O)N1CC(F)F. The number of nitrogens with zero attached hydrogens (tertiary/aromatic N) is 1. The van der Waals surface area contributed by atoms with Gasteiger partial charge in [-0.2, -0.15) is 0 Å². The van der Waals surface area contributed by atoms with E-state index in [2.05, 4.69) is 5.32 Å². The molecular formula is C8H12F2N2O2. The molecule has 0 saturated carbocycles. The summed E-state index contributed by atoms with van der Waals surface area (Å²) in [7, 11) is 0. The van der Waals surface area contributed by atoms with E-state index in [9.17, 15) is 18.4 Å². The molecule has 80 valence electrons. The van der Waals surface area contributed by atoms with Gasteiger partial charge < -0.3 is 10.2 Å². The molecule has 0 aromatic carbocycles. The van der Waals surface area contributed by atoms with E-state index < -0.39 is 30.3 Å². The van der Waals surface area contributed by atoms with E-state index >= 15 is 0 Å². The lowest BCUT2D eigenvalue weighted by Crippen LogP contribution is -2.65. The maximum atomic E-state index is 12.1. The first kappa shape index (κ1) is 10.9. The summed E-state index contributed by atoms with van der Waals surface area (Å²) in [5.74, 6) is -0.882. The summed E-state index contributed by atoms with van der Waals surface area (Å²) >= 11 is 0. The second kappa shape index (κ2) is 3.51. The fraction of sp³-hybridized carbons (Fsp3) is 0.750. The second-order valence-corrected chi connectivity index (χ2v) is 3.64. The summed E-state index contributed by atoms with van der Waals surface area (Å²) in [4.78, 5) is 23.5. The zero-order valence-electron chi connectivity index (χ0n) is 8.01. The van der Waals surface area contributed by atoms with Gasteiger partial charge in [0.1, 0.15) is 5.54 Å². The van der Waals surface area contributed by atoms with Gasteiger partial charge in [-0.1, -0.05) is 0 Å². The third kappa shape index (κ3) is 1.83. The molecule has 6 heteroatoms. The molecule has 0 spiro atoms. The first-order valence-electron chi connectivity index (χ1n) is 4.22. The molecule has 1 fully saturated rings. The normalized spacial score (nSPS) is 21.4. The number of hydrogen-bond donors (Lipinski definition) is 1. The Labute approximate surface area is 80.3 Å². The Morgan fingerprint density at radius 2 is 2.07 bits per heavy atom. The minimum absolute atomic E-state index is 0.199. The van der Waals surface area contributed by atoms with Gasteiger partial charge in [0, 0.05) is 0 Å². The minimum atomic E-state index is -2.62. The summed E-state index contributed by atoms with van der Waals surface area (Å²) < 4.78 is 24.3. The predicted octanol–water partition coefficient (Wildman–Crippen LogP) is -0.0115. The van der Waals surface area contributed by atoms with E-state index in [1.807, 2.05) is 0 Å². The molecule has 1 rings (SSSR count). The Morgan fingerprint density at radius 1 is 1.50 bits per heavy atom. The quantitative estimate of drug-likeness (QED) is 0.690. The van der Waals surface area contributed by atoms with E-state index in [4.69, 9.17) is 0 Å². The van der Waals surface area contributed by atoms with Crippen LogP contribution in [0.1, 0.15) is 13.8 Å². The van der Waals surface area contributed by atoms with Crippen molar-refractivity contribution in [2.45, 2.75) is 25.8 Å². The Bertz CT molecular complexity index is 266. The van der Waals surface area contributed by atoms with Gasteiger partial charge >= 0.3 is 0 Å². The first-order valence-corrected chi connectivity index (χ1v) is 4.22. The van der Waals surface area contributed by atoms with Crippen LogP contribution in [0.15, 0.2) is 0 Å². The summed E-state index contributed by atoms with van der Waals surface area (Å²) in [5, 5.41) is 2.35. The van der Waals surface area contributed by atoms with E-state index in [1.165, 1.54) is 13.8 Å². The molecule has 2 amide bonds. The molecule has 1 N–H and O–H groups in total. The number of carbonyl (C=O) groups is 2. The van der Waals surface area contributed by atoms with Crippen molar-refractivity contribution >= 4 is 11.8 Å². The summed E-state index contributed by atoms with van der Waals surface area (Å²) in [5.41, 5.74) is -1.19. The summed E-state index contributed by atoms with van der Waals surface area (Å²) in [6.45, 7) is 2.00. The highest BCUT2D eigenvalue weighted by molar-refractivity contribution is 5.97. The van der Waals surface area contributed by atoms with Crippen LogP contribution in [0.3, 0.4) is 0 Å². The number of hydrogen-bond acceptors (Lipinski definition) is 2. The van der Waals surface area contributed by atoms with Crippen LogP contribution in [0.5, 0.6) is 0 Å². The summed E-state index contributed by atoms with van der Waals surface area (Å²) in [6, 6.07) is 0. The number of carbonyl (C=O) groups excluding carboxylic acids is 2. The van der Waals surface area contributed by atoms with Crippen LogP contribution in [0.4, 0.5) is 8.78 Å². The van der Waals surface area contributed by atoms with Crippen molar-refractivity contribution in [3.63, 3.8) is 0 Å². The van der Waals surface area contributed by atoms with Crippen LogP contribution in [0.2, 0.25) is 0 Å². The topological polar surface area (TPSA) is 49.4 Å². The van der Waals surface area contributed by atoms with Crippen molar-refractivity contribution in [1.82, 2.24) is 10.2 Å². The van der Waals surface area contributed by atoms with Crippen LogP contribution >= 0.6 is 0 Å². The highest BCUT2D eigenvalue weighted by Crippen LogP contribution is 2.19. The predicted molar refractivity (Wildman–Crippen MR) is 44.8 cm³/mol. The molecule has 0 atom stereocenters. The Kier molecular flexibility index (Phi) is 2.73. The molecule has 1 aliphatic rings. The largest absolute Gasteiger partial charge is 0.345 e. The van der Waals surface area contributed by atoms with Crippen molar-refractivity contribution < 1.29 is 18.4 Å². The smallest absolute Gasteiger partial charge is 0.255 e. The number of nitrogens with one attached hydrogen (secondary N) is 1. The Hall–Kier alpha value is -1.20. The van der Waals surface area contributed by atoms with Gasteiger partial charge in [-0.05, 0) is 13.8 Å².